The number of β-amino-alcohol motifs (C(OH)–C–C–N with tert-alkyl or cyclic N) is 1. The van der Waals surface area contributed by atoms with Crippen molar-refractivity contribution in [3.05, 3.63) is 35.4 Å². The van der Waals surface area contributed by atoms with E-state index >= 15 is 0 Å². The van der Waals surface area contributed by atoms with Crippen LogP contribution in [0.4, 0.5) is 0 Å². The Kier molecular flexibility index (Phi) is 3.08. The van der Waals surface area contributed by atoms with Crippen molar-refractivity contribution in [3.63, 3.8) is 0 Å². The second-order valence-electron chi connectivity index (χ2n) is 5.10. The summed E-state index contributed by atoms with van der Waals surface area (Å²) < 4.78 is 0. The smallest absolute Gasteiger partial charge is 0.262 e. The van der Waals surface area contributed by atoms with Crippen LogP contribution in [0.15, 0.2) is 24.3 Å². The summed E-state index contributed by atoms with van der Waals surface area (Å²) in [5.74, 6) is -0.471. The number of carbonyl (C=O) groups is 2. The van der Waals surface area contributed by atoms with Gasteiger partial charge in [0.15, 0.2) is 0 Å². The lowest BCUT2D eigenvalue weighted by atomic mass is 10.1. The zero-order chi connectivity index (χ0) is 13.4. The number of piperidine rings is 1. The lowest BCUT2D eigenvalue weighted by Gasteiger charge is -2.32. The molecule has 0 aromatic heterocycles. The third kappa shape index (κ3) is 2.15. The standard InChI is InChI=1S/C14H16N2O3/c17-10-4-3-7-15(8-10)9-16-13(18)11-5-1-2-6-12(11)14(16)19/h1-2,5-6,10,17H,3-4,7-9H2/t10-/m1/s1. The van der Waals surface area contributed by atoms with Crippen molar-refractivity contribution in [2.24, 2.45) is 0 Å². The molecule has 0 unspecified atom stereocenters. The van der Waals surface area contributed by atoms with Gasteiger partial charge in [0.05, 0.1) is 23.9 Å². The number of amides is 2. The predicted octanol–water partition coefficient (Wildman–Crippen LogP) is 0.697. The molecule has 3 rings (SSSR count). The van der Waals surface area contributed by atoms with E-state index in [1.165, 1.54) is 4.90 Å². The maximum absolute atomic E-state index is 12.2. The third-order valence-electron chi connectivity index (χ3n) is 3.70. The van der Waals surface area contributed by atoms with Crippen molar-refractivity contribution in [2.45, 2.75) is 18.9 Å². The second-order valence-corrected chi connectivity index (χ2v) is 5.10. The Morgan fingerprint density at radius 2 is 1.79 bits per heavy atom. The summed E-state index contributed by atoms with van der Waals surface area (Å²) in [6.45, 7) is 1.60. The van der Waals surface area contributed by atoms with Gasteiger partial charge in [0, 0.05) is 13.1 Å². The average molecular weight is 260 g/mol. The molecule has 5 nitrogen and oxygen atoms in total. The molecular formula is C14H16N2O3. The molecule has 0 aliphatic carbocycles. The highest BCUT2D eigenvalue weighted by atomic mass is 16.3. The van der Waals surface area contributed by atoms with Gasteiger partial charge < -0.3 is 5.11 Å². The van der Waals surface area contributed by atoms with Crippen LogP contribution in [0.25, 0.3) is 0 Å². The van der Waals surface area contributed by atoms with Crippen LogP contribution in [-0.2, 0) is 0 Å². The van der Waals surface area contributed by atoms with E-state index in [1.807, 2.05) is 4.90 Å². The van der Waals surface area contributed by atoms with Crippen molar-refractivity contribution in [2.75, 3.05) is 19.8 Å². The van der Waals surface area contributed by atoms with E-state index in [-0.39, 0.29) is 24.6 Å². The Bertz CT molecular complexity index is 494. The quantitative estimate of drug-likeness (QED) is 0.795. The molecule has 0 spiro atoms. The predicted molar refractivity (Wildman–Crippen MR) is 68.6 cm³/mol. The number of likely N-dealkylation sites (tertiary alicyclic amines) is 1. The summed E-state index contributed by atoms with van der Waals surface area (Å²) in [7, 11) is 0. The van der Waals surface area contributed by atoms with Crippen LogP contribution in [-0.4, -0.2) is 52.6 Å². The van der Waals surface area contributed by atoms with Crippen molar-refractivity contribution >= 4 is 11.8 Å². The van der Waals surface area contributed by atoms with Gasteiger partial charge in [-0.25, -0.2) is 0 Å². The maximum Gasteiger partial charge on any atom is 0.262 e. The van der Waals surface area contributed by atoms with E-state index in [0.29, 0.717) is 17.7 Å². The normalized spacial score (nSPS) is 23.8. The van der Waals surface area contributed by atoms with Gasteiger partial charge >= 0.3 is 0 Å². The summed E-state index contributed by atoms with van der Waals surface area (Å²) in [4.78, 5) is 27.6. The molecule has 2 heterocycles. The van der Waals surface area contributed by atoms with Crippen LogP contribution in [0.3, 0.4) is 0 Å². The molecule has 2 aliphatic heterocycles. The van der Waals surface area contributed by atoms with Gasteiger partial charge in [-0.15, -0.1) is 0 Å². The minimum absolute atomic E-state index is 0.235. The molecule has 1 N–H and O–H groups in total. The summed E-state index contributed by atoms with van der Waals surface area (Å²) in [6.07, 6.45) is 1.33. The summed E-state index contributed by atoms with van der Waals surface area (Å²) >= 11 is 0. The number of aliphatic hydroxyl groups is 1. The fraction of sp³-hybridized carbons (Fsp3) is 0.429. The van der Waals surface area contributed by atoms with E-state index in [2.05, 4.69) is 0 Å². The minimum Gasteiger partial charge on any atom is -0.392 e. The first-order valence-corrected chi connectivity index (χ1v) is 6.52. The number of nitrogens with zero attached hydrogens (tertiary/aromatic N) is 2. The Morgan fingerprint density at radius 3 is 2.37 bits per heavy atom. The van der Waals surface area contributed by atoms with Gasteiger partial charge in [-0.1, -0.05) is 12.1 Å². The molecular weight excluding hydrogens is 244 g/mol. The molecule has 2 amide bonds. The van der Waals surface area contributed by atoms with Crippen molar-refractivity contribution < 1.29 is 14.7 Å². The molecule has 100 valence electrons. The Morgan fingerprint density at radius 1 is 1.16 bits per heavy atom. The first kappa shape index (κ1) is 12.3. The third-order valence-corrected chi connectivity index (χ3v) is 3.70. The fourth-order valence-corrected chi connectivity index (χ4v) is 2.73. The van der Waals surface area contributed by atoms with Crippen molar-refractivity contribution in [3.8, 4) is 0 Å². The van der Waals surface area contributed by atoms with Gasteiger partial charge in [-0.05, 0) is 25.0 Å². The highest BCUT2D eigenvalue weighted by molar-refractivity contribution is 6.21. The van der Waals surface area contributed by atoms with E-state index < -0.39 is 0 Å². The van der Waals surface area contributed by atoms with Crippen LogP contribution in [0.5, 0.6) is 0 Å². The van der Waals surface area contributed by atoms with Crippen LogP contribution in [0.1, 0.15) is 33.6 Å². The monoisotopic (exact) mass is 260 g/mol. The van der Waals surface area contributed by atoms with E-state index in [4.69, 9.17) is 0 Å². The minimum atomic E-state index is -0.357. The van der Waals surface area contributed by atoms with Gasteiger partial charge in [0.25, 0.3) is 11.8 Å². The number of hydrogen-bond donors (Lipinski definition) is 1. The summed E-state index contributed by atoms with van der Waals surface area (Å²) in [5, 5.41) is 9.63. The average Bonchev–Trinajstić information content (AvgIpc) is 2.65. The molecule has 1 saturated heterocycles. The van der Waals surface area contributed by atoms with Gasteiger partial charge in [0.2, 0.25) is 0 Å². The van der Waals surface area contributed by atoms with Crippen molar-refractivity contribution in [1.29, 1.82) is 0 Å². The molecule has 1 atom stereocenters. The Labute approximate surface area is 111 Å². The molecule has 0 saturated carbocycles. The van der Waals surface area contributed by atoms with Gasteiger partial charge in [-0.3, -0.25) is 19.4 Å². The zero-order valence-corrected chi connectivity index (χ0v) is 10.6. The first-order valence-electron chi connectivity index (χ1n) is 6.52. The highest BCUT2D eigenvalue weighted by Crippen LogP contribution is 2.23. The Hall–Kier alpha value is -1.72. The van der Waals surface area contributed by atoms with Crippen molar-refractivity contribution in [1.82, 2.24) is 9.80 Å². The van der Waals surface area contributed by atoms with Crippen LogP contribution < -0.4 is 0 Å². The molecule has 0 bridgehead atoms. The van der Waals surface area contributed by atoms with E-state index in [0.717, 1.165) is 19.4 Å². The zero-order valence-electron chi connectivity index (χ0n) is 10.6. The SMILES string of the molecule is O=C1c2ccccc2C(=O)N1CN1CCC[C@@H](O)C1. The number of benzene rings is 1. The molecule has 19 heavy (non-hydrogen) atoms. The maximum atomic E-state index is 12.2. The first-order chi connectivity index (χ1) is 9.16. The van der Waals surface area contributed by atoms with Crippen LogP contribution in [0, 0.1) is 0 Å². The molecule has 1 aromatic carbocycles. The topological polar surface area (TPSA) is 60.9 Å². The molecule has 2 aliphatic rings. The molecule has 5 heteroatoms. The molecule has 1 fully saturated rings. The number of carbonyl (C=O) groups excluding carboxylic acids is 2. The summed E-state index contributed by atoms with van der Waals surface area (Å²) in [5.41, 5.74) is 0.954. The lowest BCUT2D eigenvalue weighted by Crippen LogP contribution is -2.46. The number of aliphatic hydroxyl groups excluding tert-OH is 1. The number of imide groups is 1. The second kappa shape index (κ2) is 4.75. The number of rotatable bonds is 2. The van der Waals surface area contributed by atoms with E-state index in [9.17, 15) is 14.7 Å². The number of hydrogen-bond acceptors (Lipinski definition) is 4. The lowest BCUT2D eigenvalue weighted by molar-refractivity contribution is 0.0304. The highest BCUT2D eigenvalue weighted by Gasteiger charge is 2.36. The molecule has 1 aromatic rings. The van der Waals surface area contributed by atoms with Gasteiger partial charge in [-0.2, -0.15) is 0 Å². The van der Waals surface area contributed by atoms with Crippen LogP contribution >= 0.6 is 0 Å². The largest absolute Gasteiger partial charge is 0.392 e. The van der Waals surface area contributed by atoms with Gasteiger partial charge in [0.1, 0.15) is 0 Å². The fourth-order valence-electron chi connectivity index (χ4n) is 2.73. The van der Waals surface area contributed by atoms with E-state index in [1.54, 1.807) is 24.3 Å². The summed E-state index contributed by atoms with van der Waals surface area (Å²) in [6, 6.07) is 6.89. The molecule has 0 radical (unpaired) electrons. The van der Waals surface area contributed by atoms with Crippen LogP contribution in [0.2, 0.25) is 0 Å². The Balaban J connectivity index is 1.77. The number of fused-ring (bicyclic) bond motifs is 1.